The first-order chi connectivity index (χ1) is 12.6. The molecular weight excluding hydrogens is 334 g/mol. The standard InChI is InChI=1S/C19H27N3O4/c1-26-17-7-6-13(11-20-17)19(14-9-15(23)10-14)21-16(24)12-22-8-4-2-3-5-18(22)25/h6-7,11,14-15,19,23H,2-5,8-10,12H2,1H3,(H,21,24)/t14?,15?,19-/m1/s1. The molecule has 0 bridgehead atoms. The normalized spacial score (nSPS) is 24.4. The Morgan fingerprint density at radius 3 is 2.85 bits per heavy atom. The van der Waals surface area contributed by atoms with E-state index in [0.717, 1.165) is 24.8 Å². The number of aliphatic hydroxyl groups is 1. The van der Waals surface area contributed by atoms with Gasteiger partial charge in [0.1, 0.15) is 0 Å². The summed E-state index contributed by atoms with van der Waals surface area (Å²) < 4.78 is 5.09. The fraction of sp³-hybridized carbons (Fsp3) is 0.632. The van der Waals surface area contributed by atoms with Crippen LogP contribution in [0.5, 0.6) is 5.88 Å². The molecule has 1 saturated carbocycles. The Labute approximate surface area is 153 Å². The van der Waals surface area contributed by atoms with E-state index in [1.54, 1.807) is 24.3 Å². The number of carbonyl (C=O) groups excluding carboxylic acids is 2. The van der Waals surface area contributed by atoms with Gasteiger partial charge in [-0.3, -0.25) is 9.59 Å². The molecule has 1 aliphatic heterocycles. The van der Waals surface area contributed by atoms with Gasteiger partial charge in [0.25, 0.3) is 0 Å². The molecule has 2 fully saturated rings. The summed E-state index contributed by atoms with van der Waals surface area (Å²) in [6.45, 7) is 0.733. The van der Waals surface area contributed by atoms with Gasteiger partial charge in [-0.05, 0) is 37.2 Å². The molecule has 7 nitrogen and oxygen atoms in total. The summed E-state index contributed by atoms with van der Waals surface area (Å²) in [4.78, 5) is 30.6. The number of ether oxygens (including phenoxy) is 1. The Kier molecular flexibility index (Phi) is 6.08. The topological polar surface area (TPSA) is 91.8 Å². The third kappa shape index (κ3) is 4.52. The van der Waals surface area contributed by atoms with Crippen LogP contribution in [0.15, 0.2) is 18.3 Å². The van der Waals surface area contributed by atoms with E-state index in [1.165, 1.54) is 0 Å². The van der Waals surface area contributed by atoms with Crippen molar-refractivity contribution in [2.45, 2.75) is 50.7 Å². The van der Waals surface area contributed by atoms with Gasteiger partial charge in [0.05, 0.1) is 25.8 Å². The lowest BCUT2D eigenvalue weighted by molar-refractivity contribution is -0.136. The van der Waals surface area contributed by atoms with E-state index in [2.05, 4.69) is 10.3 Å². The van der Waals surface area contributed by atoms with Gasteiger partial charge in [0, 0.05) is 25.2 Å². The summed E-state index contributed by atoms with van der Waals surface area (Å²) in [6.07, 6.45) is 6.09. The molecule has 2 aliphatic rings. The van der Waals surface area contributed by atoms with Crippen LogP contribution in [0.3, 0.4) is 0 Å². The van der Waals surface area contributed by atoms with E-state index in [1.807, 2.05) is 6.07 Å². The summed E-state index contributed by atoms with van der Waals surface area (Å²) in [6, 6.07) is 3.44. The number of likely N-dealkylation sites (tertiary alicyclic amines) is 1. The zero-order chi connectivity index (χ0) is 18.5. The highest BCUT2D eigenvalue weighted by molar-refractivity contribution is 5.85. The summed E-state index contributed by atoms with van der Waals surface area (Å²) in [7, 11) is 1.56. The molecule has 1 aromatic rings. The van der Waals surface area contributed by atoms with E-state index in [0.29, 0.717) is 31.7 Å². The van der Waals surface area contributed by atoms with Crippen LogP contribution in [0.4, 0.5) is 0 Å². The van der Waals surface area contributed by atoms with Gasteiger partial charge in [0.2, 0.25) is 17.7 Å². The minimum absolute atomic E-state index is 0.0550. The van der Waals surface area contributed by atoms with E-state index < -0.39 is 0 Å². The van der Waals surface area contributed by atoms with Crippen LogP contribution in [0.25, 0.3) is 0 Å². The molecule has 1 aromatic heterocycles. The van der Waals surface area contributed by atoms with Gasteiger partial charge >= 0.3 is 0 Å². The average Bonchev–Trinajstić information content (AvgIpc) is 2.82. The molecule has 2 amide bonds. The Morgan fingerprint density at radius 1 is 1.38 bits per heavy atom. The highest BCUT2D eigenvalue weighted by Crippen LogP contribution is 2.38. The quantitative estimate of drug-likeness (QED) is 0.800. The number of nitrogens with one attached hydrogen (secondary N) is 1. The molecule has 7 heteroatoms. The van der Waals surface area contributed by atoms with Crippen molar-refractivity contribution >= 4 is 11.8 Å². The lowest BCUT2D eigenvalue weighted by Crippen LogP contribution is -2.46. The molecule has 1 atom stereocenters. The summed E-state index contributed by atoms with van der Waals surface area (Å²) in [5, 5.41) is 12.7. The van der Waals surface area contributed by atoms with Crippen molar-refractivity contribution < 1.29 is 19.4 Å². The number of hydrogen-bond acceptors (Lipinski definition) is 5. The average molecular weight is 361 g/mol. The van der Waals surface area contributed by atoms with Gasteiger partial charge < -0.3 is 20.1 Å². The number of nitrogens with zero attached hydrogens (tertiary/aromatic N) is 2. The van der Waals surface area contributed by atoms with Gasteiger partial charge in [-0.1, -0.05) is 12.5 Å². The number of aliphatic hydroxyl groups excluding tert-OH is 1. The van der Waals surface area contributed by atoms with Gasteiger partial charge in [-0.25, -0.2) is 4.98 Å². The van der Waals surface area contributed by atoms with E-state index >= 15 is 0 Å². The van der Waals surface area contributed by atoms with Crippen LogP contribution in [0.1, 0.15) is 50.1 Å². The van der Waals surface area contributed by atoms with Crippen molar-refractivity contribution in [3.05, 3.63) is 23.9 Å². The molecule has 142 valence electrons. The van der Waals surface area contributed by atoms with Gasteiger partial charge in [-0.2, -0.15) is 0 Å². The van der Waals surface area contributed by atoms with Crippen LogP contribution in [0.2, 0.25) is 0 Å². The van der Waals surface area contributed by atoms with Crippen molar-refractivity contribution in [2.75, 3.05) is 20.2 Å². The fourth-order valence-corrected chi connectivity index (χ4v) is 3.67. The number of methoxy groups -OCH3 is 1. The van der Waals surface area contributed by atoms with Gasteiger partial charge in [-0.15, -0.1) is 0 Å². The van der Waals surface area contributed by atoms with E-state index in [4.69, 9.17) is 4.74 Å². The highest BCUT2D eigenvalue weighted by Gasteiger charge is 2.36. The molecule has 0 spiro atoms. The molecular formula is C19H27N3O4. The SMILES string of the molecule is COc1ccc([C@@H](NC(=O)CN2CCCCCC2=O)C2CC(O)C2)cn1. The van der Waals surface area contributed by atoms with Crippen molar-refractivity contribution in [2.24, 2.45) is 5.92 Å². The third-order valence-corrected chi connectivity index (χ3v) is 5.27. The van der Waals surface area contributed by atoms with Crippen molar-refractivity contribution in [3.63, 3.8) is 0 Å². The molecule has 1 aliphatic carbocycles. The zero-order valence-electron chi connectivity index (χ0n) is 15.2. The second-order valence-corrected chi connectivity index (χ2v) is 7.19. The summed E-state index contributed by atoms with van der Waals surface area (Å²) in [5.74, 6) is 0.577. The number of aromatic nitrogens is 1. The lowest BCUT2D eigenvalue weighted by Gasteiger charge is -2.38. The number of hydrogen-bond donors (Lipinski definition) is 2. The first-order valence-corrected chi connectivity index (χ1v) is 9.32. The predicted molar refractivity (Wildman–Crippen MR) is 95.5 cm³/mol. The second kappa shape index (κ2) is 8.49. The molecule has 0 aromatic carbocycles. The molecule has 0 unspecified atom stereocenters. The minimum Gasteiger partial charge on any atom is -0.481 e. The molecule has 0 radical (unpaired) electrons. The first-order valence-electron chi connectivity index (χ1n) is 9.32. The summed E-state index contributed by atoms with van der Waals surface area (Å²) in [5.41, 5.74) is 0.887. The Hall–Kier alpha value is -2.15. The van der Waals surface area contributed by atoms with Crippen molar-refractivity contribution in [3.8, 4) is 5.88 Å². The highest BCUT2D eigenvalue weighted by atomic mass is 16.5. The van der Waals surface area contributed by atoms with Crippen LogP contribution >= 0.6 is 0 Å². The van der Waals surface area contributed by atoms with E-state index in [-0.39, 0.29) is 36.4 Å². The van der Waals surface area contributed by atoms with Crippen molar-refractivity contribution in [1.82, 2.24) is 15.2 Å². The monoisotopic (exact) mass is 361 g/mol. The van der Waals surface area contributed by atoms with E-state index in [9.17, 15) is 14.7 Å². The maximum Gasteiger partial charge on any atom is 0.240 e. The number of rotatable bonds is 6. The largest absolute Gasteiger partial charge is 0.481 e. The predicted octanol–water partition coefficient (Wildman–Crippen LogP) is 1.42. The molecule has 26 heavy (non-hydrogen) atoms. The smallest absolute Gasteiger partial charge is 0.240 e. The van der Waals surface area contributed by atoms with Gasteiger partial charge in [0.15, 0.2) is 0 Å². The van der Waals surface area contributed by atoms with Crippen LogP contribution in [-0.4, -0.2) is 53.1 Å². The maximum absolute atomic E-state index is 12.6. The third-order valence-electron chi connectivity index (χ3n) is 5.27. The Morgan fingerprint density at radius 2 is 2.19 bits per heavy atom. The summed E-state index contributed by atoms with van der Waals surface area (Å²) >= 11 is 0. The Balaban J connectivity index is 1.66. The minimum atomic E-state index is -0.308. The molecule has 3 rings (SSSR count). The molecule has 2 heterocycles. The number of pyridine rings is 1. The van der Waals surface area contributed by atoms with Crippen LogP contribution < -0.4 is 10.1 Å². The number of amides is 2. The van der Waals surface area contributed by atoms with Crippen LogP contribution in [-0.2, 0) is 9.59 Å². The molecule has 1 saturated heterocycles. The number of carbonyl (C=O) groups is 2. The van der Waals surface area contributed by atoms with Crippen molar-refractivity contribution in [1.29, 1.82) is 0 Å². The van der Waals surface area contributed by atoms with Crippen LogP contribution in [0, 0.1) is 5.92 Å². The Bertz CT molecular complexity index is 628. The zero-order valence-corrected chi connectivity index (χ0v) is 15.2. The lowest BCUT2D eigenvalue weighted by atomic mass is 9.75. The maximum atomic E-state index is 12.6. The second-order valence-electron chi connectivity index (χ2n) is 7.19. The fourth-order valence-electron chi connectivity index (χ4n) is 3.67. The first kappa shape index (κ1) is 18.6. The molecule has 2 N–H and O–H groups in total.